The Morgan fingerprint density at radius 3 is 2.57 bits per heavy atom. The summed E-state index contributed by atoms with van der Waals surface area (Å²) in [6, 6.07) is 12.3. The first-order valence-electron chi connectivity index (χ1n) is 6.98. The van der Waals surface area contributed by atoms with Crippen molar-refractivity contribution in [3.63, 3.8) is 0 Å². The maximum atomic E-state index is 13.9. The molecule has 2 nitrogen and oxygen atoms in total. The van der Waals surface area contributed by atoms with Crippen LogP contribution >= 0.6 is 11.6 Å². The lowest BCUT2D eigenvalue weighted by Crippen LogP contribution is -2.19. The van der Waals surface area contributed by atoms with E-state index in [9.17, 15) is 4.39 Å². The molecule has 0 atom stereocenters. The molecule has 0 unspecified atom stereocenters. The maximum absolute atomic E-state index is 13.9. The molecule has 0 amide bonds. The van der Waals surface area contributed by atoms with E-state index >= 15 is 0 Å². The molecule has 4 heteroatoms. The van der Waals surface area contributed by atoms with Crippen molar-refractivity contribution >= 4 is 11.6 Å². The molecule has 0 aliphatic heterocycles. The second kappa shape index (κ2) is 7.43. The molecule has 1 N–H and O–H groups in total. The van der Waals surface area contributed by atoms with E-state index in [0.717, 1.165) is 12.1 Å². The van der Waals surface area contributed by atoms with Gasteiger partial charge in [-0.1, -0.05) is 49.7 Å². The van der Waals surface area contributed by atoms with Crippen LogP contribution in [0.1, 0.15) is 19.4 Å². The van der Waals surface area contributed by atoms with Crippen molar-refractivity contribution in [3.05, 3.63) is 58.9 Å². The van der Waals surface area contributed by atoms with Crippen molar-refractivity contribution in [1.82, 2.24) is 5.32 Å². The molecule has 0 aliphatic rings. The monoisotopic (exact) mass is 307 g/mol. The van der Waals surface area contributed by atoms with E-state index in [-0.39, 0.29) is 10.8 Å². The maximum Gasteiger partial charge on any atom is 0.184 e. The topological polar surface area (TPSA) is 21.3 Å². The molecule has 0 heterocycles. The molecule has 0 saturated carbocycles. The fraction of sp³-hybridized carbons (Fsp3) is 0.294. The number of benzene rings is 2. The summed E-state index contributed by atoms with van der Waals surface area (Å²) in [4.78, 5) is 0. The number of hydrogen-bond donors (Lipinski definition) is 1. The number of ether oxygens (including phenoxy) is 1. The number of hydrogen-bond acceptors (Lipinski definition) is 2. The van der Waals surface area contributed by atoms with Crippen molar-refractivity contribution in [2.45, 2.75) is 20.4 Å². The third-order valence-electron chi connectivity index (χ3n) is 2.98. The van der Waals surface area contributed by atoms with Gasteiger partial charge in [0.05, 0.1) is 5.02 Å². The molecule has 0 bridgehead atoms. The molecule has 0 radical (unpaired) electrons. The molecule has 0 aromatic heterocycles. The number of nitrogens with one attached hydrogen (secondary N) is 1. The van der Waals surface area contributed by atoms with Crippen LogP contribution in [0.15, 0.2) is 42.5 Å². The van der Waals surface area contributed by atoms with Gasteiger partial charge in [0.1, 0.15) is 5.75 Å². The lowest BCUT2D eigenvalue weighted by atomic mass is 10.2. The van der Waals surface area contributed by atoms with Crippen LogP contribution < -0.4 is 10.1 Å². The van der Waals surface area contributed by atoms with Crippen LogP contribution in [0.2, 0.25) is 5.02 Å². The van der Waals surface area contributed by atoms with Gasteiger partial charge in [0, 0.05) is 12.1 Å². The van der Waals surface area contributed by atoms with Crippen LogP contribution in [-0.4, -0.2) is 6.54 Å². The molecule has 2 aromatic carbocycles. The minimum atomic E-state index is -0.538. The normalized spacial score (nSPS) is 10.9. The Morgan fingerprint density at radius 1 is 1.10 bits per heavy atom. The average Bonchev–Trinajstić information content (AvgIpc) is 2.45. The summed E-state index contributed by atoms with van der Waals surface area (Å²) in [7, 11) is 0. The summed E-state index contributed by atoms with van der Waals surface area (Å²) in [5.41, 5.74) is 0.984. The Morgan fingerprint density at radius 2 is 1.81 bits per heavy atom. The van der Waals surface area contributed by atoms with Crippen molar-refractivity contribution in [2.24, 2.45) is 5.92 Å². The SMILES string of the molecule is CC(C)CNCc1ccccc1Oc1cccc(Cl)c1F. The van der Waals surface area contributed by atoms with Gasteiger partial charge in [-0.3, -0.25) is 0 Å². The van der Waals surface area contributed by atoms with Gasteiger partial charge in [0.25, 0.3) is 0 Å². The first-order chi connectivity index (χ1) is 10.1. The van der Waals surface area contributed by atoms with Crippen LogP contribution in [0.5, 0.6) is 11.5 Å². The average molecular weight is 308 g/mol. The standard InChI is InChI=1S/C17H19ClFNO/c1-12(2)10-20-11-13-6-3-4-8-15(13)21-16-9-5-7-14(18)17(16)19/h3-9,12,20H,10-11H2,1-2H3. The zero-order chi connectivity index (χ0) is 15.2. The van der Waals surface area contributed by atoms with E-state index in [2.05, 4.69) is 19.2 Å². The summed E-state index contributed by atoms with van der Waals surface area (Å²) in [6.07, 6.45) is 0. The summed E-state index contributed by atoms with van der Waals surface area (Å²) in [5, 5.41) is 3.41. The highest BCUT2D eigenvalue weighted by Gasteiger charge is 2.10. The largest absolute Gasteiger partial charge is 0.454 e. The van der Waals surface area contributed by atoms with E-state index in [0.29, 0.717) is 18.2 Å². The molecule has 112 valence electrons. The Kier molecular flexibility index (Phi) is 5.59. The van der Waals surface area contributed by atoms with Crippen molar-refractivity contribution in [3.8, 4) is 11.5 Å². The van der Waals surface area contributed by atoms with E-state index in [4.69, 9.17) is 16.3 Å². The Hall–Kier alpha value is -1.58. The first kappa shape index (κ1) is 15.8. The highest BCUT2D eigenvalue weighted by molar-refractivity contribution is 6.30. The van der Waals surface area contributed by atoms with Gasteiger partial charge in [-0.15, -0.1) is 0 Å². The highest BCUT2D eigenvalue weighted by atomic mass is 35.5. The van der Waals surface area contributed by atoms with Gasteiger partial charge >= 0.3 is 0 Å². The third kappa shape index (κ3) is 4.45. The summed E-state index contributed by atoms with van der Waals surface area (Å²) in [5.74, 6) is 0.807. The predicted octanol–water partition coefficient (Wildman–Crippen LogP) is 5.02. The van der Waals surface area contributed by atoms with Gasteiger partial charge in [0.15, 0.2) is 11.6 Å². The predicted molar refractivity (Wildman–Crippen MR) is 84.5 cm³/mol. The zero-order valence-corrected chi connectivity index (χ0v) is 13.0. The fourth-order valence-electron chi connectivity index (χ4n) is 1.93. The van der Waals surface area contributed by atoms with Crippen LogP contribution in [-0.2, 0) is 6.54 Å². The van der Waals surface area contributed by atoms with E-state index < -0.39 is 5.82 Å². The lowest BCUT2D eigenvalue weighted by Gasteiger charge is -2.13. The summed E-state index contributed by atoms with van der Waals surface area (Å²) in [6.45, 7) is 5.89. The molecule has 0 fully saturated rings. The molecule has 2 rings (SSSR count). The second-order valence-electron chi connectivity index (χ2n) is 5.29. The van der Waals surface area contributed by atoms with E-state index in [1.807, 2.05) is 24.3 Å². The molecular formula is C17H19ClFNO. The zero-order valence-electron chi connectivity index (χ0n) is 12.2. The van der Waals surface area contributed by atoms with Gasteiger partial charge in [-0.25, -0.2) is 4.39 Å². The molecule has 0 aliphatic carbocycles. The number of halogens is 2. The quantitative estimate of drug-likeness (QED) is 0.809. The molecular weight excluding hydrogens is 289 g/mol. The summed E-state index contributed by atoms with van der Waals surface area (Å²) < 4.78 is 19.6. The molecule has 0 spiro atoms. The molecule has 0 saturated heterocycles. The number of para-hydroxylation sites is 1. The Bertz CT molecular complexity index is 601. The Labute approximate surface area is 129 Å². The minimum Gasteiger partial charge on any atom is -0.454 e. The lowest BCUT2D eigenvalue weighted by molar-refractivity contribution is 0.434. The number of rotatable bonds is 6. The van der Waals surface area contributed by atoms with Crippen molar-refractivity contribution in [1.29, 1.82) is 0 Å². The third-order valence-corrected chi connectivity index (χ3v) is 3.27. The van der Waals surface area contributed by atoms with Gasteiger partial charge in [-0.05, 0) is 30.7 Å². The highest BCUT2D eigenvalue weighted by Crippen LogP contribution is 2.30. The molecule has 21 heavy (non-hydrogen) atoms. The Balaban J connectivity index is 2.14. The van der Waals surface area contributed by atoms with Crippen LogP contribution in [0.25, 0.3) is 0 Å². The van der Waals surface area contributed by atoms with Crippen LogP contribution in [0.4, 0.5) is 4.39 Å². The van der Waals surface area contributed by atoms with Gasteiger partial charge in [-0.2, -0.15) is 0 Å². The smallest absolute Gasteiger partial charge is 0.184 e. The first-order valence-corrected chi connectivity index (χ1v) is 7.36. The summed E-state index contributed by atoms with van der Waals surface area (Å²) >= 11 is 5.77. The van der Waals surface area contributed by atoms with Crippen LogP contribution in [0, 0.1) is 11.7 Å². The minimum absolute atomic E-state index is 0.0583. The van der Waals surface area contributed by atoms with E-state index in [1.54, 1.807) is 12.1 Å². The molecule has 2 aromatic rings. The van der Waals surface area contributed by atoms with Crippen molar-refractivity contribution < 1.29 is 9.13 Å². The van der Waals surface area contributed by atoms with E-state index in [1.165, 1.54) is 6.07 Å². The second-order valence-corrected chi connectivity index (χ2v) is 5.69. The van der Waals surface area contributed by atoms with Crippen molar-refractivity contribution in [2.75, 3.05) is 6.54 Å². The van der Waals surface area contributed by atoms with Gasteiger partial charge < -0.3 is 10.1 Å². The van der Waals surface area contributed by atoms with Gasteiger partial charge in [0.2, 0.25) is 0 Å². The fourth-order valence-corrected chi connectivity index (χ4v) is 2.09. The van der Waals surface area contributed by atoms with Crippen LogP contribution in [0.3, 0.4) is 0 Å².